The minimum Gasteiger partial charge on any atom is -0.269 e. The Hall–Kier alpha value is -2.94. The van der Waals surface area contributed by atoms with Gasteiger partial charge in [-0.1, -0.05) is 48.5 Å². The van der Waals surface area contributed by atoms with Gasteiger partial charge in [0, 0.05) is 12.5 Å². The molecule has 1 saturated heterocycles. The maximum Gasteiger partial charge on any atom is 0.281 e. The first-order chi connectivity index (χ1) is 11.7. The van der Waals surface area contributed by atoms with Gasteiger partial charge in [0.25, 0.3) is 5.91 Å². The van der Waals surface area contributed by atoms with Crippen molar-refractivity contribution in [2.45, 2.75) is 19.4 Å². The molecule has 1 aliphatic rings. The average molecular weight is 313 g/mol. The molecule has 1 N–H and O–H groups in total. The SMILES string of the molecule is C[C@@H]1CC(=O)N/[N+]1=C\c1cc2cccc3ccc4cccc1c4c32. The number of benzene rings is 4. The standard InChI is InChI=1S/C21H16N2O/c1-13-10-19(24)22-23(13)12-17-11-16-6-2-4-14-8-9-15-5-3-7-18(17)21(15)20(14)16/h2-9,11-13H,10H2,1H3/p+1/b23-12-/t13-/m1/s1. The van der Waals surface area contributed by atoms with E-state index in [9.17, 15) is 4.79 Å². The van der Waals surface area contributed by atoms with Gasteiger partial charge in [-0.05, 0) is 38.4 Å². The summed E-state index contributed by atoms with van der Waals surface area (Å²) in [5, 5.41) is 7.61. The molecule has 0 radical (unpaired) electrons. The van der Waals surface area contributed by atoms with Gasteiger partial charge in [0.05, 0.1) is 6.42 Å². The lowest BCUT2D eigenvalue weighted by Gasteiger charge is -2.12. The number of rotatable bonds is 1. The summed E-state index contributed by atoms with van der Waals surface area (Å²) in [6, 6.07) is 19.6. The Morgan fingerprint density at radius 3 is 2.46 bits per heavy atom. The second-order valence-corrected chi connectivity index (χ2v) is 6.64. The lowest BCUT2D eigenvalue weighted by Crippen LogP contribution is -2.28. The van der Waals surface area contributed by atoms with Crippen LogP contribution in [-0.4, -0.2) is 22.8 Å². The summed E-state index contributed by atoms with van der Waals surface area (Å²) >= 11 is 0. The Labute approximate surface area is 139 Å². The summed E-state index contributed by atoms with van der Waals surface area (Å²) in [6.45, 7) is 2.06. The fraction of sp³-hybridized carbons (Fsp3) is 0.143. The highest BCUT2D eigenvalue weighted by atomic mass is 16.2. The molecule has 116 valence electrons. The van der Waals surface area contributed by atoms with Crippen LogP contribution in [0.4, 0.5) is 0 Å². The third kappa shape index (κ3) is 1.84. The van der Waals surface area contributed by atoms with Crippen molar-refractivity contribution in [1.29, 1.82) is 0 Å². The van der Waals surface area contributed by atoms with E-state index < -0.39 is 0 Å². The third-order valence-electron chi connectivity index (χ3n) is 5.03. The zero-order valence-electron chi connectivity index (χ0n) is 13.4. The Morgan fingerprint density at radius 2 is 1.71 bits per heavy atom. The topological polar surface area (TPSA) is 32.1 Å². The maximum absolute atomic E-state index is 11.7. The van der Waals surface area contributed by atoms with E-state index in [4.69, 9.17) is 0 Å². The molecule has 1 fully saturated rings. The van der Waals surface area contributed by atoms with E-state index in [0.717, 1.165) is 5.56 Å². The zero-order valence-corrected chi connectivity index (χ0v) is 13.4. The monoisotopic (exact) mass is 313 g/mol. The van der Waals surface area contributed by atoms with Gasteiger partial charge >= 0.3 is 0 Å². The summed E-state index contributed by atoms with van der Waals surface area (Å²) in [5.41, 5.74) is 4.07. The number of carbonyl (C=O) groups is 1. The van der Waals surface area contributed by atoms with Gasteiger partial charge < -0.3 is 0 Å². The molecule has 1 atom stereocenters. The van der Waals surface area contributed by atoms with Gasteiger partial charge in [-0.2, -0.15) is 0 Å². The van der Waals surface area contributed by atoms with Crippen LogP contribution in [0.2, 0.25) is 0 Å². The average Bonchev–Trinajstić information content (AvgIpc) is 2.91. The number of nitrogens with zero attached hydrogens (tertiary/aromatic N) is 1. The molecule has 4 aromatic carbocycles. The van der Waals surface area contributed by atoms with Crippen LogP contribution in [-0.2, 0) is 4.79 Å². The highest BCUT2D eigenvalue weighted by Gasteiger charge is 2.30. The van der Waals surface area contributed by atoms with Crippen LogP contribution in [0.1, 0.15) is 18.9 Å². The van der Waals surface area contributed by atoms with Crippen LogP contribution in [0.15, 0.2) is 54.6 Å². The first kappa shape index (κ1) is 13.5. The fourth-order valence-corrected chi connectivity index (χ4v) is 3.87. The first-order valence-electron chi connectivity index (χ1n) is 8.30. The normalized spacial score (nSPS) is 19.8. The number of carbonyl (C=O) groups excluding carboxylic acids is 1. The Kier molecular flexibility index (Phi) is 2.69. The van der Waals surface area contributed by atoms with Crippen LogP contribution < -0.4 is 5.43 Å². The predicted octanol–water partition coefficient (Wildman–Crippen LogP) is 3.84. The molecule has 3 heteroatoms. The quantitative estimate of drug-likeness (QED) is 0.420. The lowest BCUT2D eigenvalue weighted by molar-refractivity contribution is -0.585. The van der Waals surface area contributed by atoms with Crippen LogP contribution in [0.25, 0.3) is 32.3 Å². The Balaban J connectivity index is 1.89. The Bertz CT molecular complexity index is 1140. The number of hydrazine groups is 1. The van der Waals surface area contributed by atoms with Crippen LogP contribution in [0.3, 0.4) is 0 Å². The van der Waals surface area contributed by atoms with Crippen LogP contribution in [0, 0.1) is 0 Å². The molecule has 1 amide bonds. The van der Waals surface area contributed by atoms with Crippen molar-refractivity contribution in [2.75, 3.05) is 0 Å². The molecule has 0 aliphatic carbocycles. The van der Waals surface area contributed by atoms with Gasteiger partial charge in [-0.3, -0.25) is 4.79 Å². The molecule has 3 nitrogen and oxygen atoms in total. The minimum atomic E-state index is 0.0795. The van der Waals surface area contributed by atoms with Gasteiger partial charge in [-0.25, -0.2) is 0 Å². The highest BCUT2D eigenvalue weighted by Crippen LogP contribution is 2.35. The van der Waals surface area contributed by atoms with Crippen molar-refractivity contribution >= 4 is 44.4 Å². The van der Waals surface area contributed by atoms with Crippen molar-refractivity contribution in [3.63, 3.8) is 0 Å². The molecule has 4 aromatic rings. The molecule has 1 heterocycles. The number of hydrogen-bond acceptors (Lipinski definition) is 1. The van der Waals surface area contributed by atoms with E-state index in [0.29, 0.717) is 6.42 Å². The molecule has 0 unspecified atom stereocenters. The number of amides is 1. The van der Waals surface area contributed by atoms with Gasteiger partial charge in [0.15, 0.2) is 6.04 Å². The molecule has 0 bridgehead atoms. The van der Waals surface area contributed by atoms with E-state index >= 15 is 0 Å². The summed E-state index contributed by atoms with van der Waals surface area (Å²) < 4.78 is 1.93. The lowest BCUT2D eigenvalue weighted by atomic mass is 9.91. The van der Waals surface area contributed by atoms with E-state index in [1.54, 1.807) is 0 Å². The molecule has 0 saturated carbocycles. The molecule has 24 heavy (non-hydrogen) atoms. The second-order valence-electron chi connectivity index (χ2n) is 6.64. The fourth-order valence-electron chi connectivity index (χ4n) is 3.87. The van der Waals surface area contributed by atoms with Gasteiger partial charge in [-0.15, -0.1) is 10.1 Å². The highest BCUT2D eigenvalue weighted by molar-refractivity contribution is 6.25. The Morgan fingerprint density at radius 1 is 1.00 bits per heavy atom. The molecular weight excluding hydrogens is 296 g/mol. The smallest absolute Gasteiger partial charge is 0.269 e. The van der Waals surface area contributed by atoms with Gasteiger partial charge in [0.1, 0.15) is 0 Å². The molecular formula is C21H17N2O+. The molecule has 5 rings (SSSR count). The molecule has 1 aliphatic heterocycles. The summed E-state index contributed by atoms with van der Waals surface area (Å²) in [5.74, 6) is 0.0795. The largest absolute Gasteiger partial charge is 0.281 e. The minimum absolute atomic E-state index is 0.0795. The first-order valence-corrected chi connectivity index (χ1v) is 8.30. The van der Waals surface area contributed by atoms with Crippen molar-refractivity contribution < 1.29 is 9.48 Å². The van der Waals surface area contributed by atoms with Crippen molar-refractivity contribution in [3.05, 3.63) is 60.2 Å². The third-order valence-corrected chi connectivity index (χ3v) is 5.03. The van der Waals surface area contributed by atoms with E-state index in [1.807, 2.05) is 4.68 Å². The second kappa shape index (κ2) is 4.78. The zero-order chi connectivity index (χ0) is 16.3. The molecule has 0 spiro atoms. The van der Waals surface area contributed by atoms with Crippen LogP contribution in [0.5, 0.6) is 0 Å². The van der Waals surface area contributed by atoms with Crippen LogP contribution >= 0.6 is 0 Å². The van der Waals surface area contributed by atoms with Crippen molar-refractivity contribution in [2.24, 2.45) is 0 Å². The summed E-state index contributed by atoms with van der Waals surface area (Å²) in [7, 11) is 0. The number of nitrogens with one attached hydrogen (secondary N) is 1. The summed E-state index contributed by atoms with van der Waals surface area (Å²) in [6.07, 6.45) is 2.61. The number of hydrogen-bond donors (Lipinski definition) is 1. The molecule has 0 aromatic heterocycles. The summed E-state index contributed by atoms with van der Waals surface area (Å²) in [4.78, 5) is 11.7. The van der Waals surface area contributed by atoms with E-state index in [-0.39, 0.29) is 11.9 Å². The van der Waals surface area contributed by atoms with Gasteiger partial charge in [0.2, 0.25) is 6.21 Å². The maximum atomic E-state index is 11.7. The van der Waals surface area contributed by atoms with Crippen molar-refractivity contribution in [3.8, 4) is 0 Å². The predicted molar refractivity (Wildman–Crippen MR) is 97.8 cm³/mol. The van der Waals surface area contributed by atoms with E-state index in [2.05, 4.69) is 73.2 Å². The van der Waals surface area contributed by atoms with Crippen molar-refractivity contribution in [1.82, 2.24) is 5.43 Å². The number of hydrazone groups is 1. The van der Waals surface area contributed by atoms with E-state index in [1.165, 1.54) is 32.3 Å².